The maximum atomic E-state index is 10.9. The summed E-state index contributed by atoms with van der Waals surface area (Å²) in [6.45, 7) is -0.0588. The van der Waals surface area contributed by atoms with Crippen LogP contribution >= 0.6 is 0 Å². The van der Waals surface area contributed by atoms with Crippen molar-refractivity contribution in [1.82, 2.24) is 15.1 Å². The molecule has 6 nitrogen and oxygen atoms in total. The van der Waals surface area contributed by atoms with Crippen LogP contribution in [0.25, 0.3) is 0 Å². The number of rotatable bonds is 2. The monoisotopic (exact) mass is 189 g/mol. The van der Waals surface area contributed by atoms with Gasteiger partial charge in [-0.25, -0.2) is 9.59 Å². The number of nitrogens with zero attached hydrogens (tertiary/aromatic N) is 2. The summed E-state index contributed by atoms with van der Waals surface area (Å²) in [6, 6.07) is -0.299. The molecule has 0 aliphatic rings. The van der Waals surface area contributed by atoms with Crippen molar-refractivity contribution in [2.45, 2.75) is 0 Å². The van der Waals surface area contributed by atoms with Crippen molar-refractivity contribution >= 4 is 12.1 Å². The van der Waals surface area contributed by atoms with Gasteiger partial charge in [-0.2, -0.15) is 0 Å². The van der Waals surface area contributed by atoms with Crippen molar-refractivity contribution < 1.29 is 14.3 Å². The zero-order chi connectivity index (χ0) is 10.4. The highest BCUT2D eigenvalue weighted by atomic mass is 16.6. The molecule has 0 aromatic heterocycles. The Labute approximate surface area is 77.4 Å². The van der Waals surface area contributed by atoms with Gasteiger partial charge in [-0.1, -0.05) is 0 Å². The van der Waals surface area contributed by atoms with Crippen LogP contribution in [0, 0.1) is 0 Å². The fraction of sp³-hybridized carbons (Fsp3) is 0.714. The van der Waals surface area contributed by atoms with E-state index in [-0.39, 0.29) is 12.8 Å². The Balaban J connectivity index is 3.76. The van der Waals surface area contributed by atoms with E-state index in [0.717, 1.165) is 0 Å². The van der Waals surface area contributed by atoms with Crippen molar-refractivity contribution in [2.75, 3.05) is 34.9 Å². The third-order valence-corrected chi connectivity index (χ3v) is 1.31. The average Bonchev–Trinajstić information content (AvgIpc) is 2.11. The maximum Gasteiger partial charge on any atom is 0.410 e. The first-order chi connectivity index (χ1) is 5.99. The van der Waals surface area contributed by atoms with Crippen LogP contribution in [0.1, 0.15) is 0 Å². The second-order valence-electron chi connectivity index (χ2n) is 2.69. The molecule has 1 N–H and O–H groups in total. The molecule has 0 saturated carbocycles. The molecule has 0 atom stereocenters. The molecule has 0 saturated heterocycles. The minimum absolute atomic E-state index is 0.0588. The molecule has 76 valence electrons. The number of hydrogen-bond acceptors (Lipinski definition) is 3. The fourth-order valence-electron chi connectivity index (χ4n) is 0.531. The summed E-state index contributed by atoms with van der Waals surface area (Å²) in [5, 5.41) is 2.40. The third kappa shape index (κ3) is 4.19. The Hall–Kier alpha value is -1.46. The van der Waals surface area contributed by atoms with E-state index in [1.807, 2.05) is 0 Å². The molecule has 0 aromatic rings. The minimum atomic E-state index is -0.476. The Morgan fingerprint density at radius 1 is 1.31 bits per heavy atom. The standard InChI is InChI=1S/C7H15N3O3/c1-8-6(11)10(4)5-13-7(12)9(2)3/h5H2,1-4H3,(H,8,11). The first kappa shape index (κ1) is 11.5. The van der Waals surface area contributed by atoms with Gasteiger partial charge in [0.2, 0.25) is 0 Å². The summed E-state index contributed by atoms with van der Waals surface area (Å²) in [4.78, 5) is 24.3. The lowest BCUT2D eigenvalue weighted by Gasteiger charge is -2.18. The molecule has 0 radical (unpaired) electrons. The van der Waals surface area contributed by atoms with Crippen LogP contribution < -0.4 is 5.32 Å². The van der Waals surface area contributed by atoms with Gasteiger partial charge in [0, 0.05) is 28.2 Å². The van der Waals surface area contributed by atoms with E-state index in [9.17, 15) is 9.59 Å². The number of nitrogens with one attached hydrogen (secondary N) is 1. The lowest BCUT2D eigenvalue weighted by atomic mass is 10.8. The quantitative estimate of drug-likeness (QED) is 0.618. The van der Waals surface area contributed by atoms with Gasteiger partial charge in [0.1, 0.15) is 0 Å². The van der Waals surface area contributed by atoms with Crippen LogP contribution in [0.5, 0.6) is 0 Å². The number of ether oxygens (including phenoxy) is 1. The molecule has 0 fully saturated rings. The van der Waals surface area contributed by atoms with E-state index >= 15 is 0 Å². The molecular weight excluding hydrogens is 174 g/mol. The molecule has 0 heterocycles. The summed E-state index contributed by atoms with van der Waals surface area (Å²) in [5.74, 6) is 0. The lowest BCUT2D eigenvalue weighted by Crippen LogP contribution is -2.38. The third-order valence-electron chi connectivity index (χ3n) is 1.31. The maximum absolute atomic E-state index is 10.9. The van der Waals surface area contributed by atoms with Crippen LogP contribution in [0.15, 0.2) is 0 Å². The second-order valence-corrected chi connectivity index (χ2v) is 2.69. The van der Waals surface area contributed by atoms with Crippen molar-refractivity contribution in [2.24, 2.45) is 0 Å². The molecule has 0 aromatic carbocycles. The zero-order valence-corrected chi connectivity index (χ0v) is 8.33. The number of amides is 3. The Morgan fingerprint density at radius 3 is 2.23 bits per heavy atom. The number of urea groups is 1. The highest BCUT2D eigenvalue weighted by Gasteiger charge is 2.09. The number of carbonyl (C=O) groups excluding carboxylic acids is 2. The van der Waals surface area contributed by atoms with E-state index in [4.69, 9.17) is 4.74 Å². The summed E-state index contributed by atoms with van der Waals surface area (Å²) in [6.07, 6.45) is -0.476. The molecule has 6 heteroatoms. The molecule has 0 bridgehead atoms. The SMILES string of the molecule is CNC(=O)N(C)COC(=O)N(C)C. The first-order valence-electron chi connectivity index (χ1n) is 3.76. The molecule has 0 aliphatic carbocycles. The van der Waals surface area contributed by atoms with E-state index in [1.165, 1.54) is 23.9 Å². The topological polar surface area (TPSA) is 61.9 Å². The van der Waals surface area contributed by atoms with Gasteiger partial charge in [0.25, 0.3) is 0 Å². The molecular formula is C7H15N3O3. The van der Waals surface area contributed by atoms with Crippen molar-refractivity contribution in [3.8, 4) is 0 Å². The molecule has 13 heavy (non-hydrogen) atoms. The lowest BCUT2D eigenvalue weighted by molar-refractivity contribution is 0.0762. The van der Waals surface area contributed by atoms with Crippen molar-refractivity contribution in [1.29, 1.82) is 0 Å². The van der Waals surface area contributed by atoms with Gasteiger partial charge in [-0.05, 0) is 0 Å². The first-order valence-corrected chi connectivity index (χ1v) is 3.76. The highest BCUT2D eigenvalue weighted by molar-refractivity contribution is 5.73. The van der Waals surface area contributed by atoms with E-state index in [0.29, 0.717) is 0 Å². The van der Waals surface area contributed by atoms with Gasteiger partial charge in [-0.3, -0.25) is 4.90 Å². The van der Waals surface area contributed by atoms with Crippen LogP contribution in [-0.2, 0) is 4.74 Å². The normalized spacial score (nSPS) is 8.92. The Morgan fingerprint density at radius 2 is 1.85 bits per heavy atom. The predicted octanol–water partition coefficient (Wildman–Crippen LogP) is -0.0867. The van der Waals surface area contributed by atoms with Gasteiger partial charge in [0.15, 0.2) is 6.73 Å². The van der Waals surface area contributed by atoms with E-state index < -0.39 is 6.09 Å². The van der Waals surface area contributed by atoms with Crippen molar-refractivity contribution in [3.05, 3.63) is 0 Å². The van der Waals surface area contributed by atoms with Crippen LogP contribution in [0.2, 0.25) is 0 Å². The average molecular weight is 189 g/mol. The Kier molecular flexibility index (Phi) is 4.64. The highest BCUT2D eigenvalue weighted by Crippen LogP contribution is 1.89. The van der Waals surface area contributed by atoms with Gasteiger partial charge in [-0.15, -0.1) is 0 Å². The van der Waals surface area contributed by atoms with Gasteiger partial charge < -0.3 is 15.0 Å². The van der Waals surface area contributed by atoms with Crippen LogP contribution in [-0.4, -0.2) is 56.8 Å². The van der Waals surface area contributed by atoms with Gasteiger partial charge >= 0.3 is 12.1 Å². The second kappa shape index (κ2) is 5.23. The molecule has 0 spiro atoms. The van der Waals surface area contributed by atoms with Crippen molar-refractivity contribution in [3.63, 3.8) is 0 Å². The Bertz CT molecular complexity index is 193. The predicted molar refractivity (Wildman–Crippen MR) is 47.3 cm³/mol. The smallest absolute Gasteiger partial charge is 0.410 e. The summed E-state index contributed by atoms with van der Waals surface area (Å²) in [7, 11) is 6.18. The van der Waals surface area contributed by atoms with Gasteiger partial charge in [0.05, 0.1) is 0 Å². The molecule has 0 unspecified atom stereocenters. The minimum Gasteiger partial charge on any atom is -0.428 e. The molecule has 0 rings (SSSR count). The summed E-state index contributed by atoms with van der Waals surface area (Å²) >= 11 is 0. The van der Waals surface area contributed by atoms with E-state index in [2.05, 4.69) is 5.32 Å². The molecule has 3 amide bonds. The summed E-state index contributed by atoms with van der Waals surface area (Å²) in [5.41, 5.74) is 0. The number of carbonyl (C=O) groups is 2. The fourth-order valence-corrected chi connectivity index (χ4v) is 0.531. The zero-order valence-electron chi connectivity index (χ0n) is 8.33. The van der Waals surface area contributed by atoms with Crippen LogP contribution in [0.4, 0.5) is 9.59 Å². The number of hydrogen-bond donors (Lipinski definition) is 1. The van der Waals surface area contributed by atoms with Crippen LogP contribution in [0.3, 0.4) is 0 Å². The molecule has 0 aliphatic heterocycles. The largest absolute Gasteiger partial charge is 0.428 e. The van der Waals surface area contributed by atoms with E-state index in [1.54, 1.807) is 14.1 Å². The summed E-state index contributed by atoms with van der Waals surface area (Å²) < 4.78 is 4.74.